The Morgan fingerprint density at radius 2 is 2.38 bits per heavy atom. The summed E-state index contributed by atoms with van der Waals surface area (Å²) < 4.78 is 9.91. The zero-order valence-corrected chi connectivity index (χ0v) is 9.96. The van der Waals surface area contributed by atoms with E-state index in [-0.39, 0.29) is 12.5 Å². The maximum absolute atomic E-state index is 11.3. The highest BCUT2D eigenvalue weighted by atomic mass is 16.5. The molecule has 94 valence electrons. The maximum atomic E-state index is 11.3. The number of carbonyl (C=O) groups is 1. The molecule has 1 rings (SSSR count). The Morgan fingerprint density at radius 3 is 3.06 bits per heavy atom. The van der Waals surface area contributed by atoms with Crippen molar-refractivity contribution in [2.45, 2.75) is 25.3 Å². The highest BCUT2D eigenvalue weighted by molar-refractivity contribution is 5.77. The van der Waals surface area contributed by atoms with Gasteiger partial charge in [-0.2, -0.15) is 0 Å². The van der Waals surface area contributed by atoms with Crippen molar-refractivity contribution in [3.05, 3.63) is 0 Å². The summed E-state index contributed by atoms with van der Waals surface area (Å²) in [6.45, 7) is 2.96. The third-order valence-corrected chi connectivity index (χ3v) is 2.64. The van der Waals surface area contributed by atoms with Gasteiger partial charge in [0.05, 0.1) is 13.2 Å². The molecule has 0 spiro atoms. The second-order valence-electron chi connectivity index (χ2n) is 3.98. The molecule has 1 heterocycles. The Balaban J connectivity index is 1.89. The molecule has 1 aliphatic rings. The lowest BCUT2D eigenvalue weighted by Crippen LogP contribution is -2.32. The SMILES string of the molecule is COCCOCC(=O)NCC[C@H]1CCCN1. The molecular formula is C11H22N2O3. The highest BCUT2D eigenvalue weighted by Crippen LogP contribution is 2.07. The van der Waals surface area contributed by atoms with Crippen LogP contribution in [0.25, 0.3) is 0 Å². The maximum Gasteiger partial charge on any atom is 0.246 e. The zero-order valence-electron chi connectivity index (χ0n) is 9.96. The summed E-state index contributed by atoms with van der Waals surface area (Å²) in [4.78, 5) is 11.3. The Hall–Kier alpha value is -0.650. The molecule has 0 radical (unpaired) electrons. The molecule has 0 saturated carbocycles. The van der Waals surface area contributed by atoms with Crippen LogP contribution in [0.5, 0.6) is 0 Å². The van der Waals surface area contributed by atoms with Gasteiger partial charge in [-0.1, -0.05) is 0 Å². The molecule has 5 heteroatoms. The van der Waals surface area contributed by atoms with Gasteiger partial charge < -0.3 is 20.1 Å². The molecule has 0 aromatic carbocycles. The summed E-state index contributed by atoms with van der Waals surface area (Å²) in [5.74, 6) is -0.0471. The van der Waals surface area contributed by atoms with Crippen LogP contribution in [0.3, 0.4) is 0 Å². The lowest BCUT2D eigenvalue weighted by Gasteiger charge is -2.10. The van der Waals surface area contributed by atoms with Crippen molar-refractivity contribution < 1.29 is 14.3 Å². The van der Waals surface area contributed by atoms with E-state index >= 15 is 0 Å². The third-order valence-electron chi connectivity index (χ3n) is 2.64. The van der Waals surface area contributed by atoms with E-state index in [0.29, 0.717) is 19.3 Å². The first-order valence-corrected chi connectivity index (χ1v) is 5.89. The minimum atomic E-state index is -0.0471. The summed E-state index contributed by atoms with van der Waals surface area (Å²) in [6, 6.07) is 0.578. The van der Waals surface area contributed by atoms with Gasteiger partial charge in [-0.15, -0.1) is 0 Å². The van der Waals surface area contributed by atoms with Gasteiger partial charge >= 0.3 is 0 Å². The minimum absolute atomic E-state index is 0.0471. The molecule has 1 amide bonds. The number of methoxy groups -OCH3 is 1. The van der Waals surface area contributed by atoms with Crippen molar-refractivity contribution in [1.82, 2.24) is 10.6 Å². The van der Waals surface area contributed by atoms with Crippen molar-refractivity contribution in [3.63, 3.8) is 0 Å². The smallest absolute Gasteiger partial charge is 0.246 e. The van der Waals surface area contributed by atoms with Crippen LogP contribution in [0.15, 0.2) is 0 Å². The first-order valence-electron chi connectivity index (χ1n) is 5.89. The fraction of sp³-hybridized carbons (Fsp3) is 0.909. The standard InChI is InChI=1S/C11H22N2O3/c1-15-7-8-16-9-11(14)13-6-4-10-3-2-5-12-10/h10,12H,2-9H2,1H3,(H,13,14)/t10-/m1/s1. The average molecular weight is 230 g/mol. The number of amides is 1. The summed E-state index contributed by atoms with van der Waals surface area (Å²) in [6.07, 6.45) is 3.47. The van der Waals surface area contributed by atoms with E-state index in [1.54, 1.807) is 7.11 Å². The summed E-state index contributed by atoms with van der Waals surface area (Å²) in [5.41, 5.74) is 0. The molecule has 0 unspecified atom stereocenters. The number of hydrogen-bond donors (Lipinski definition) is 2. The summed E-state index contributed by atoms with van der Waals surface area (Å²) in [5, 5.41) is 6.23. The highest BCUT2D eigenvalue weighted by Gasteiger charge is 2.13. The van der Waals surface area contributed by atoms with Gasteiger partial charge in [0, 0.05) is 19.7 Å². The number of nitrogens with one attached hydrogen (secondary N) is 2. The Labute approximate surface area is 96.9 Å². The predicted octanol–water partition coefficient (Wildman–Crippen LogP) is -0.0923. The van der Waals surface area contributed by atoms with Gasteiger partial charge in [0.25, 0.3) is 0 Å². The molecule has 1 saturated heterocycles. The van der Waals surface area contributed by atoms with Crippen LogP contribution in [0.1, 0.15) is 19.3 Å². The Bertz CT molecular complexity index is 194. The molecule has 1 atom stereocenters. The fourth-order valence-corrected chi connectivity index (χ4v) is 1.75. The summed E-state index contributed by atoms with van der Waals surface area (Å²) in [7, 11) is 1.61. The van der Waals surface area contributed by atoms with Crippen LogP contribution in [-0.2, 0) is 14.3 Å². The van der Waals surface area contributed by atoms with Crippen LogP contribution in [0.4, 0.5) is 0 Å². The first kappa shape index (κ1) is 13.4. The molecule has 5 nitrogen and oxygen atoms in total. The van der Waals surface area contributed by atoms with Crippen molar-refractivity contribution in [2.75, 3.05) is 40.0 Å². The van der Waals surface area contributed by atoms with Crippen LogP contribution < -0.4 is 10.6 Å². The summed E-state index contributed by atoms with van der Waals surface area (Å²) >= 11 is 0. The van der Waals surface area contributed by atoms with E-state index in [4.69, 9.17) is 9.47 Å². The molecular weight excluding hydrogens is 208 g/mol. The van der Waals surface area contributed by atoms with E-state index in [0.717, 1.165) is 19.5 Å². The lowest BCUT2D eigenvalue weighted by molar-refractivity contribution is -0.126. The van der Waals surface area contributed by atoms with Gasteiger partial charge in [0.2, 0.25) is 5.91 Å². The van der Waals surface area contributed by atoms with Gasteiger partial charge in [-0.05, 0) is 25.8 Å². The second-order valence-corrected chi connectivity index (χ2v) is 3.98. The molecule has 16 heavy (non-hydrogen) atoms. The van der Waals surface area contributed by atoms with Gasteiger partial charge in [-0.25, -0.2) is 0 Å². The largest absolute Gasteiger partial charge is 0.382 e. The Morgan fingerprint density at radius 1 is 1.50 bits per heavy atom. The molecule has 0 bridgehead atoms. The van der Waals surface area contributed by atoms with Gasteiger partial charge in [-0.3, -0.25) is 4.79 Å². The fourth-order valence-electron chi connectivity index (χ4n) is 1.75. The molecule has 0 aliphatic carbocycles. The lowest BCUT2D eigenvalue weighted by atomic mass is 10.1. The van der Waals surface area contributed by atoms with Crippen molar-refractivity contribution >= 4 is 5.91 Å². The van der Waals surface area contributed by atoms with Crippen molar-refractivity contribution in [2.24, 2.45) is 0 Å². The average Bonchev–Trinajstić information content (AvgIpc) is 2.77. The van der Waals surface area contributed by atoms with E-state index < -0.39 is 0 Å². The zero-order chi connectivity index (χ0) is 11.6. The molecule has 1 aliphatic heterocycles. The van der Waals surface area contributed by atoms with E-state index in [1.165, 1.54) is 12.8 Å². The number of hydrogen-bond acceptors (Lipinski definition) is 4. The normalized spacial score (nSPS) is 19.9. The van der Waals surface area contributed by atoms with Crippen LogP contribution in [0.2, 0.25) is 0 Å². The van der Waals surface area contributed by atoms with E-state index in [2.05, 4.69) is 10.6 Å². The minimum Gasteiger partial charge on any atom is -0.382 e. The molecule has 2 N–H and O–H groups in total. The molecule has 0 aromatic rings. The van der Waals surface area contributed by atoms with Gasteiger partial charge in [0.15, 0.2) is 0 Å². The quantitative estimate of drug-likeness (QED) is 0.572. The van der Waals surface area contributed by atoms with E-state index in [1.807, 2.05) is 0 Å². The molecule has 1 fully saturated rings. The van der Waals surface area contributed by atoms with Crippen LogP contribution >= 0.6 is 0 Å². The first-order chi connectivity index (χ1) is 7.83. The van der Waals surface area contributed by atoms with Crippen LogP contribution in [-0.4, -0.2) is 52.0 Å². The number of rotatable bonds is 8. The monoisotopic (exact) mass is 230 g/mol. The van der Waals surface area contributed by atoms with Crippen LogP contribution in [0, 0.1) is 0 Å². The third kappa shape index (κ3) is 6.05. The predicted molar refractivity (Wildman–Crippen MR) is 61.3 cm³/mol. The van der Waals surface area contributed by atoms with Crippen molar-refractivity contribution in [3.8, 4) is 0 Å². The Kier molecular flexibility index (Phi) is 7.12. The number of ether oxygens (including phenoxy) is 2. The number of carbonyl (C=O) groups excluding carboxylic acids is 1. The van der Waals surface area contributed by atoms with E-state index in [9.17, 15) is 4.79 Å². The second kappa shape index (κ2) is 8.50. The molecule has 0 aromatic heterocycles. The topological polar surface area (TPSA) is 59.6 Å². The van der Waals surface area contributed by atoms with Gasteiger partial charge in [0.1, 0.15) is 6.61 Å². The van der Waals surface area contributed by atoms with Crippen molar-refractivity contribution in [1.29, 1.82) is 0 Å².